The van der Waals surface area contributed by atoms with Crippen molar-refractivity contribution in [1.82, 2.24) is 4.98 Å². The van der Waals surface area contributed by atoms with Crippen molar-refractivity contribution in [2.75, 3.05) is 0 Å². The van der Waals surface area contributed by atoms with Gasteiger partial charge >= 0.3 is 0 Å². The monoisotopic (exact) mass is 211 g/mol. The Balaban J connectivity index is 2.20. The van der Waals surface area contributed by atoms with Crippen LogP contribution in [0, 0.1) is 0 Å². The van der Waals surface area contributed by atoms with Crippen molar-refractivity contribution in [3.8, 4) is 0 Å². The molecule has 16 heavy (non-hydrogen) atoms. The first-order valence-electron chi connectivity index (χ1n) is 6.16. The molecule has 0 amide bonds. The lowest BCUT2D eigenvalue weighted by atomic mass is 10.0. The first-order chi connectivity index (χ1) is 7.74. The molecule has 0 bridgehead atoms. The smallest absolute Gasteiger partial charge is 0.0708 e. The van der Waals surface area contributed by atoms with Gasteiger partial charge in [0.2, 0.25) is 0 Å². The molecule has 82 valence electrons. The zero-order valence-corrected chi connectivity index (χ0v) is 9.96. The summed E-state index contributed by atoms with van der Waals surface area (Å²) in [5.41, 5.74) is 5.42. The Labute approximate surface area is 96.5 Å². The third kappa shape index (κ3) is 1.51. The van der Waals surface area contributed by atoms with Crippen LogP contribution in [0.5, 0.6) is 0 Å². The maximum atomic E-state index is 4.75. The molecule has 0 aliphatic heterocycles. The number of aromatic nitrogens is 1. The summed E-state index contributed by atoms with van der Waals surface area (Å²) in [6, 6.07) is 9.00. The van der Waals surface area contributed by atoms with Gasteiger partial charge in [-0.3, -0.25) is 4.98 Å². The number of rotatable bonds is 1. The van der Waals surface area contributed by atoms with Gasteiger partial charge in [0.15, 0.2) is 0 Å². The Bertz CT molecular complexity index is 540. The van der Waals surface area contributed by atoms with Crippen LogP contribution in [0.4, 0.5) is 0 Å². The molecule has 1 aliphatic rings. The fourth-order valence-corrected chi connectivity index (χ4v) is 2.53. The van der Waals surface area contributed by atoms with E-state index in [-0.39, 0.29) is 0 Å². The third-order valence-corrected chi connectivity index (χ3v) is 3.52. The van der Waals surface area contributed by atoms with Gasteiger partial charge in [0, 0.05) is 11.1 Å². The zero-order chi connectivity index (χ0) is 11.1. The molecule has 1 aromatic carbocycles. The molecule has 1 aromatic heterocycles. The molecule has 0 radical (unpaired) electrons. The SMILES string of the molecule is CC(C)c1ccc2cc3c(cc2n1)CCC3. The van der Waals surface area contributed by atoms with Crippen molar-refractivity contribution in [3.05, 3.63) is 41.1 Å². The quantitative estimate of drug-likeness (QED) is 0.698. The number of nitrogens with zero attached hydrogens (tertiary/aromatic N) is 1. The Morgan fingerprint density at radius 1 is 1.06 bits per heavy atom. The number of aryl methyl sites for hydroxylation is 2. The number of hydrogen-bond acceptors (Lipinski definition) is 1. The van der Waals surface area contributed by atoms with Crippen molar-refractivity contribution in [2.45, 2.75) is 39.0 Å². The van der Waals surface area contributed by atoms with Crippen LogP contribution < -0.4 is 0 Å². The molecule has 2 aromatic rings. The second kappa shape index (κ2) is 3.58. The molecule has 0 N–H and O–H groups in total. The Hall–Kier alpha value is -1.37. The maximum Gasteiger partial charge on any atom is 0.0708 e. The summed E-state index contributed by atoms with van der Waals surface area (Å²) >= 11 is 0. The van der Waals surface area contributed by atoms with E-state index in [1.54, 1.807) is 0 Å². The van der Waals surface area contributed by atoms with Crippen LogP contribution in [-0.4, -0.2) is 4.98 Å². The van der Waals surface area contributed by atoms with E-state index in [4.69, 9.17) is 4.98 Å². The third-order valence-electron chi connectivity index (χ3n) is 3.52. The highest BCUT2D eigenvalue weighted by Gasteiger charge is 2.12. The van der Waals surface area contributed by atoms with E-state index < -0.39 is 0 Å². The van der Waals surface area contributed by atoms with E-state index in [1.165, 1.54) is 47.0 Å². The molecule has 0 saturated carbocycles. The second-order valence-electron chi connectivity index (χ2n) is 5.06. The Morgan fingerprint density at radius 3 is 2.56 bits per heavy atom. The topological polar surface area (TPSA) is 12.9 Å². The van der Waals surface area contributed by atoms with Crippen LogP contribution in [-0.2, 0) is 12.8 Å². The number of pyridine rings is 1. The van der Waals surface area contributed by atoms with E-state index in [0.29, 0.717) is 5.92 Å². The van der Waals surface area contributed by atoms with Crippen molar-refractivity contribution in [2.24, 2.45) is 0 Å². The fraction of sp³-hybridized carbons (Fsp3) is 0.400. The zero-order valence-electron chi connectivity index (χ0n) is 9.96. The lowest BCUT2D eigenvalue weighted by Gasteiger charge is -2.07. The molecule has 0 unspecified atom stereocenters. The van der Waals surface area contributed by atoms with Gasteiger partial charge < -0.3 is 0 Å². The van der Waals surface area contributed by atoms with Gasteiger partial charge in [-0.1, -0.05) is 19.9 Å². The minimum Gasteiger partial charge on any atom is -0.253 e. The molecule has 3 rings (SSSR count). The van der Waals surface area contributed by atoms with Crippen molar-refractivity contribution in [1.29, 1.82) is 0 Å². The minimum atomic E-state index is 0.512. The predicted octanol–water partition coefficient (Wildman–Crippen LogP) is 3.85. The average Bonchev–Trinajstić information content (AvgIpc) is 2.71. The average molecular weight is 211 g/mol. The molecule has 0 spiro atoms. The number of fused-ring (bicyclic) bond motifs is 2. The van der Waals surface area contributed by atoms with Gasteiger partial charge in [0.05, 0.1) is 5.52 Å². The van der Waals surface area contributed by atoms with Gasteiger partial charge in [-0.2, -0.15) is 0 Å². The summed E-state index contributed by atoms with van der Waals surface area (Å²) in [6.07, 6.45) is 3.79. The fourth-order valence-electron chi connectivity index (χ4n) is 2.53. The first-order valence-corrected chi connectivity index (χ1v) is 6.16. The number of benzene rings is 1. The van der Waals surface area contributed by atoms with Crippen molar-refractivity contribution in [3.63, 3.8) is 0 Å². The van der Waals surface area contributed by atoms with Gasteiger partial charge in [-0.25, -0.2) is 0 Å². The summed E-state index contributed by atoms with van der Waals surface area (Å²) in [5, 5.41) is 1.30. The summed E-state index contributed by atoms with van der Waals surface area (Å²) in [4.78, 5) is 4.75. The Morgan fingerprint density at radius 2 is 1.81 bits per heavy atom. The molecule has 1 heterocycles. The number of hydrogen-bond donors (Lipinski definition) is 0. The van der Waals surface area contributed by atoms with E-state index in [1.807, 2.05) is 0 Å². The van der Waals surface area contributed by atoms with Crippen LogP contribution >= 0.6 is 0 Å². The Kier molecular flexibility index (Phi) is 2.20. The van der Waals surface area contributed by atoms with E-state index in [2.05, 4.69) is 38.1 Å². The molecule has 0 saturated heterocycles. The normalized spacial score (nSPS) is 14.7. The lowest BCUT2D eigenvalue weighted by molar-refractivity contribution is 0.830. The largest absolute Gasteiger partial charge is 0.253 e. The standard InChI is InChI=1S/C15H17N/c1-10(2)14-7-6-13-8-11-4-3-5-12(11)9-15(13)16-14/h6-10H,3-5H2,1-2H3. The highest BCUT2D eigenvalue weighted by Crippen LogP contribution is 2.27. The van der Waals surface area contributed by atoms with Gasteiger partial charge in [-0.15, -0.1) is 0 Å². The van der Waals surface area contributed by atoms with Crippen LogP contribution in [0.3, 0.4) is 0 Å². The summed E-state index contributed by atoms with van der Waals surface area (Å²) in [6.45, 7) is 4.39. The van der Waals surface area contributed by atoms with Crippen LogP contribution in [0.15, 0.2) is 24.3 Å². The molecule has 0 atom stereocenters. The predicted molar refractivity (Wildman–Crippen MR) is 67.9 cm³/mol. The van der Waals surface area contributed by atoms with Crippen LogP contribution in [0.2, 0.25) is 0 Å². The van der Waals surface area contributed by atoms with E-state index >= 15 is 0 Å². The molecule has 1 nitrogen and oxygen atoms in total. The first kappa shape index (κ1) is 9.83. The highest BCUT2D eigenvalue weighted by atomic mass is 14.7. The second-order valence-corrected chi connectivity index (χ2v) is 5.06. The summed E-state index contributed by atoms with van der Waals surface area (Å²) < 4.78 is 0. The van der Waals surface area contributed by atoms with E-state index in [9.17, 15) is 0 Å². The molecular formula is C15H17N. The van der Waals surface area contributed by atoms with Crippen molar-refractivity contribution >= 4 is 10.9 Å². The summed E-state index contributed by atoms with van der Waals surface area (Å²) in [5.74, 6) is 0.512. The molecule has 1 heteroatoms. The van der Waals surface area contributed by atoms with Crippen molar-refractivity contribution < 1.29 is 0 Å². The lowest BCUT2D eigenvalue weighted by Crippen LogP contribution is -1.93. The van der Waals surface area contributed by atoms with Gasteiger partial charge in [-0.05, 0) is 54.5 Å². The molecular weight excluding hydrogens is 194 g/mol. The van der Waals surface area contributed by atoms with Crippen LogP contribution in [0.25, 0.3) is 10.9 Å². The highest BCUT2D eigenvalue weighted by molar-refractivity contribution is 5.81. The van der Waals surface area contributed by atoms with Crippen LogP contribution in [0.1, 0.15) is 43.0 Å². The maximum absolute atomic E-state index is 4.75. The van der Waals surface area contributed by atoms with Gasteiger partial charge in [0.25, 0.3) is 0 Å². The van der Waals surface area contributed by atoms with E-state index in [0.717, 1.165) is 0 Å². The molecule has 1 aliphatic carbocycles. The summed E-state index contributed by atoms with van der Waals surface area (Å²) in [7, 11) is 0. The van der Waals surface area contributed by atoms with Gasteiger partial charge in [0.1, 0.15) is 0 Å². The molecule has 0 fully saturated rings. The minimum absolute atomic E-state index is 0.512.